The van der Waals surface area contributed by atoms with Gasteiger partial charge in [0.15, 0.2) is 0 Å². The second-order valence-electron chi connectivity index (χ2n) is 6.96. The molecule has 0 aliphatic carbocycles. The topological polar surface area (TPSA) is 106 Å². The largest absolute Gasteiger partial charge is 0.466 e. The highest BCUT2D eigenvalue weighted by Gasteiger charge is 2.43. The van der Waals surface area contributed by atoms with Crippen LogP contribution in [-0.4, -0.2) is 26.2 Å². The van der Waals surface area contributed by atoms with Gasteiger partial charge in [0.2, 0.25) is 0 Å². The van der Waals surface area contributed by atoms with E-state index in [-0.39, 0.29) is 22.7 Å². The van der Waals surface area contributed by atoms with Gasteiger partial charge in [-0.3, -0.25) is 4.90 Å². The lowest BCUT2D eigenvalue weighted by Gasteiger charge is -2.37. The Morgan fingerprint density at radius 1 is 1.12 bits per heavy atom. The number of hydrogen-bond acceptors (Lipinski definition) is 7. The third-order valence-electron chi connectivity index (χ3n) is 5.21. The van der Waals surface area contributed by atoms with Crippen LogP contribution in [0.5, 0.6) is 0 Å². The van der Waals surface area contributed by atoms with Crippen molar-refractivity contribution in [2.24, 2.45) is 5.73 Å². The summed E-state index contributed by atoms with van der Waals surface area (Å²) in [4.78, 5) is 27.5. The number of esters is 2. The van der Waals surface area contributed by atoms with Gasteiger partial charge in [-0.2, -0.15) is 5.26 Å². The van der Waals surface area contributed by atoms with Crippen LogP contribution in [-0.2, 0) is 19.1 Å². The van der Waals surface area contributed by atoms with Crippen LogP contribution in [0.2, 0.25) is 5.02 Å². The van der Waals surface area contributed by atoms with Gasteiger partial charge in [-0.25, -0.2) is 9.59 Å². The number of rotatable bonds is 4. The minimum Gasteiger partial charge on any atom is -0.466 e. The maximum absolute atomic E-state index is 13.1. The highest BCUT2D eigenvalue weighted by Crippen LogP contribution is 2.47. The molecule has 170 valence electrons. The summed E-state index contributed by atoms with van der Waals surface area (Å²) < 4.78 is 11.2. The molecule has 0 spiro atoms. The van der Waals surface area contributed by atoms with Gasteiger partial charge in [0.25, 0.3) is 0 Å². The molecule has 33 heavy (non-hydrogen) atoms. The molecular formula is C23H18Br2ClN3O4. The third-order valence-corrected chi connectivity index (χ3v) is 7.15. The van der Waals surface area contributed by atoms with Crippen LogP contribution in [0.4, 0.5) is 5.69 Å². The first-order chi connectivity index (χ1) is 15.7. The lowest BCUT2D eigenvalue weighted by Crippen LogP contribution is -2.41. The van der Waals surface area contributed by atoms with E-state index in [2.05, 4.69) is 37.9 Å². The Balaban J connectivity index is 2.50. The van der Waals surface area contributed by atoms with Crippen molar-refractivity contribution in [3.05, 3.63) is 84.2 Å². The highest BCUT2D eigenvalue weighted by atomic mass is 79.9. The molecule has 3 rings (SSSR count). The Bertz CT molecular complexity index is 1250. The zero-order valence-corrected chi connectivity index (χ0v) is 21.7. The summed E-state index contributed by atoms with van der Waals surface area (Å²) in [7, 11) is 2.39. The molecule has 1 unspecified atom stereocenters. The number of hydrogen-bond donors (Lipinski definition) is 1. The molecule has 0 amide bonds. The second kappa shape index (κ2) is 10.00. The van der Waals surface area contributed by atoms with Crippen molar-refractivity contribution in [3.63, 3.8) is 0 Å². The van der Waals surface area contributed by atoms with Gasteiger partial charge in [0.1, 0.15) is 11.5 Å². The third kappa shape index (κ3) is 4.26. The van der Waals surface area contributed by atoms with Crippen LogP contribution in [0.3, 0.4) is 0 Å². The number of carbonyl (C=O) groups excluding carboxylic acids is 2. The van der Waals surface area contributed by atoms with Crippen molar-refractivity contribution in [3.8, 4) is 6.07 Å². The number of benzene rings is 2. The Labute approximate surface area is 212 Å². The lowest BCUT2D eigenvalue weighted by atomic mass is 9.81. The summed E-state index contributed by atoms with van der Waals surface area (Å²) in [6.45, 7) is 1.72. The molecule has 0 saturated carbocycles. The molecule has 0 radical (unpaired) electrons. The van der Waals surface area contributed by atoms with E-state index in [1.807, 2.05) is 0 Å². The second-order valence-corrected chi connectivity index (χ2v) is 9.05. The summed E-state index contributed by atoms with van der Waals surface area (Å²) in [6.07, 6.45) is 0. The van der Waals surface area contributed by atoms with Gasteiger partial charge in [-0.15, -0.1) is 0 Å². The number of ether oxygens (including phenoxy) is 2. The molecule has 10 heteroatoms. The Morgan fingerprint density at radius 2 is 1.73 bits per heavy atom. The van der Waals surface area contributed by atoms with E-state index in [0.29, 0.717) is 30.8 Å². The molecule has 1 heterocycles. The van der Waals surface area contributed by atoms with E-state index < -0.39 is 17.9 Å². The molecule has 7 nitrogen and oxygen atoms in total. The molecule has 1 aliphatic heterocycles. The molecule has 0 bridgehead atoms. The number of carbonyl (C=O) groups is 2. The Kier molecular flexibility index (Phi) is 7.52. The van der Waals surface area contributed by atoms with Gasteiger partial charge in [-0.1, -0.05) is 41.9 Å². The number of methoxy groups -OCH3 is 2. The maximum atomic E-state index is 13.1. The zero-order valence-electron chi connectivity index (χ0n) is 17.8. The average Bonchev–Trinajstić information content (AvgIpc) is 2.82. The molecular weight excluding hydrogens is 578 g/mol. The van der Waals surface area contributed by atoms with Crippen molar-refractivity contribution < 1.29 is 19.1 Å². The standard InChI is InChI=1S/C23H18Br2ClN3O4/c1-11-18(26)14(24)9-15(25)19(11)29-20(23(31)33-3)17(22(30)32-2)16(13(10-27)21(29)28)12-7-5-4-6-8-12/h4-9,16H,28H2,1-3H3. The van der Waals surface area contributed by atoms with Crippen molar-refractivity contribution in [1.29, 1.82) is 5.26 Å². The summed E-state index contributed by atoms with van der Waals surface area (Å²) in [5.41, 5.74) is 7.85. The van der Waals surface area contributed by atoms with Crippen molar-refractivity contribution in [1.82, 2.24) is 0 Å². The van der Waals surface area contributed by atoms with E-state index >= 15 is 0 Å². The number of allylic oxidation sites excluding steroid dienone is 1. The monoisotopic (exact) mass is 593 g/mol. The van der Waals surface area contributed by atoms with Gasteiger partial charge in [-0.05, 0) is 56.0 Å². The zero-order chi connectivity index (χ0) is 24.4. The number of nitrogens with zero attached hydrogens (tertiary/aromatic N) is 2. The average molecular weight is 596 g/mol. The van der Waals surface area contributed by atoms with Gasteiger partial charge in [0.05, 0.1) is 48.1 Å². The fourth-order valence-electron chi connectivity index (χ4n) is 3.73. The Morgan fingerprint density at radius 3 is 2.27 bits per heavy atom. The normalized spacial score (nSPS) is 15.9. The maximum Gasteiger partial charge on any atom is 0.355 e. The van der Waals surface area contributed by atoms with Crippen LogP contribution < -0.4 is 10.6 Å². The fourth-order valence-corrected chi connectivity index (χ4v) is 5.41. The van der Waals surface area contributed by atoms with Crippen LogP contribution >= 0.6 is 43.5 Å². The number of nitriles is 1. The molecule has 2 N–H and O–H groups in total. The van der Waals surface area contributed by atoms with E-state index in [1.165, 1.54) is 19.1 Å². The van der Waals surface area contributed by atoms with Crippen molar-refractivity contribution in [2.75, 3.05) is 19.1 Å². The van der Waals surface area contributed by atoms with Crippen LogP contribution in [0.15, 0.2) is 68.0 Å². The smallest absolute Gasteiger partial charge is 0.355 e. The van der Waals surface area contributed by atoms with Crippen molar-refractivity contribution in [2.45, 2.75) is 12.8 Å². The van der Waals surface area contributed by atoms with Crippen LogP contribution in [0.1, 0.15) is 17.0 Å². The van der Waals surface area contributed by atoms with E-state index in [0.717, 1.165) is 0 Å². The molecule has 0 saturated heterocycles. The minimum atomic E-state index is -0.945. The fraction of sp³-hybridized carbons (Fsp3) is 0.174. The number of halogens is 3. The van der Waals surface area contributed by atoms with E-state index in [1.54, 1.807) is 43.3 Å². The van der Waals surface area contributed by atoms with E-state index in [4.69, 9.17) is 26.8 Å². The SMILES string of the molecule is COC(=O)C1=C(C(=O)OC)N(c2c(Br)cc(Br)c(Cl)c2C)C(N)=C(C#N)C1c1ccccc1. The molecule has 0 fully saturated rings. The molecule has 1 atom stereocenters. The van der Waals surface area contributed by atoms with E-state index in [9.17, 15) is 14.9 Å². The van der Waals surface area contributed by atoms with Crippen LogP contribution in [0.25, 0.3) is 0 Å². The first kappa shape index (κ1) is 24.8. The van der Waals surface area contributed by atoms with Crippen LogP contribution in [0, 0.1) is 18.3 Å². The molecule has 0 aromatic heterocycles. The summed E-state index contributed by atoms with van der Waals surface area (Å²) in [5.74, 6) is -2.62. The molecule has 2 aromatic rings. The highest BCUT2D eigenvalue weighted by molar-refractivity contribution is 9.11. The Hall–Kier alpha value is -2.80. The minimum absolute atomic E-state index is 0.0402. The predicted octanol–water partition coefficient (Wildman–Crippen LogP) is 5.07. The molecule has 1 aliphatic rings. The lowest BCUT2D eigenvalue weighted by molar-refractivity contribution is -0.139. The van der Waals surface area contributed by atoms with Gasteiger partial charge in [0, 0.05) is 8.95 Å². The molecule has 2 aromatic carbocycles. The first-order valence-electron chi connectivity index (χ1n) is 9.49. The number of nitrogens with two attached hydrogens (primary N) is 1. The predicted molar refractivity (Wildman–Crippen MR) is 131 cm³/mol. The summed E-state index contributed by atoms with van der Waals surface area (Å²) >= 11 is 13.3. The van der Waals surface area contributed by atoms with Gasteiger partial charge < -0.3 is 15.2 Å². The quantitative estimate of drug-likeness (QED) is 0.389. The summed E-state index contributed by atoms with van der Waals surface area (Å²) in [5, 5.41) is 10.5. The van der Waals surface area contributed by atoms with Crippen molar-refractivity contribution >= 4 is 61.1 Å². The first-order valence-corrected chi connectivity index (χ1v) is 11.5. The number of anilines is 1. The summed E-state index contributed by atoms with van der Waals surface area (Å²) in [6, 6.07) is 12.6. The van der Waals surface area contributed by atoms with Gasteiger partial charge >= 0.3 is 11.9 Å².